The first-order valence-electron chi connectivity index (χ1n) is 6.70. The van der Waals surface area contributed by atoms with Gasteiger partial charge in [-0.15, -0.1) is 0 Å². The molecule has 2 aromatic rings. The van der Waals surface area contributed by atoms with Gasteiger partial charge in [0, 0.05) is 15.6 Å². The number of benzene rings is 2. The van der Waals surface area contributed by atoms with E-state index in [1.165, 1.54) is 7.11 Å². The van der Waals surface area contributed by atoms with Crippen LogP contribution in [0, 0.1) is 0 Å². The molecule has 0 aliphatic heterocycles. The van der Waals surface area contributed by atoms with Crippen LogP contribution >= 0.6 is 23.2 Å². The Morgan fingerprint density at radius 2 is 1.52 bits per heavy atom. The number of hydrogen-bond donors (Lipinski definition) is 0. The number of sulfone groups is 1. The lowest BCUT2D eigenvalue weighted by atomic mass is 10.1. The SMILES string of the molecule is CON=C(CS(=O)(=O)Cc1ccc(Cl)cc1)c1ccc(Cl)cc1. The number of oxime groups is 1. The van der Waals surface area contributed by atoms with Crippen molar-refractivity contribution in [3.8, 4) is 0 Å². The minimum absolute atomic E-state index is 0.0967. The van der Waals surface area contributed by atoms with E-state index in [0.29, 0.717) is 26.9 Å². The van der Waals surface area contributed by atoms with E-state index in [9.17, 15) is 8.42 Å². The molecule has 0 N–H and O–H groups in total. The maximum absolute atomic E-state index is 12.4. The molecule has 122 valence electrons. The highest BCUT2D eigenvalue weighted by atomic mass is 35.5. The van der Waals surface area contributed by atoms with Crippen LogP contribution < -0.4 is 0 Å². The molecular formula is C16H15Cl2NO3S. The van der Waals surface area contributed by atoms with Crippen molar-refractivity contribution in [1.29, 1.82) is 0 Å². The molecule has 4 nitrogen and oxygen atoms in total. The van der Waals surface area contributed by atoms with Crippen molar-refractivity contribution in [2.45, 2.75) is 5.75 Å². The number of nitrogens with zero attached hydrogens (tertiary/aromatic N) is 1. The average Bonchev–Trinajstić information content (AvgIpc) is 2.49. The lowest BCUT2D eigenvalue weighted by Gasteiger charge is -2.08. The van der Waals surface area contributed by atoms with E-state index >= 15 is 0 Å². The van der Waals surface area contributed by atoms with Crippen molar-refractivity contribution < 1.29 is 13.3 Å². The Balaban J connectivity index is 2.20. The van der Waals surface area contributed by atoms with Crippen molar-refractivity contribution >= 4 is 38.8 Å². The zero-order valence-electron chi connectivity index (χ0n) is 12.4. The summed E-state index contributed by atoms with van der Waals surface area (Å²) in [6.07, 6.45) is 0. The summed E-state index contributed by atoms with van der Waals surface area (Å²) in [5.74, 6) is -0.328. The number of halogens is 2. The third-order valence-corrected chi connectivity index (χ3v) is 5.03. The summed E-state index contributed by atoms with van der Waals surface area (Å²) in [5, 5.41) is 4.97. The molecule has 0 amide bonds. The van der Waals surface area contributed by atoms with Gasteiger partial charge >= 0.3 is 0 Å². The fourth-order valence-corrected chi connectivity index (χ4v) is 3.70. The molecule has 0 saturated carbocycles. The van der Waals surface area contributed by atoms with Gasteiger partial charge in [0.1, 0.15) is 12.8 Å². The molecule has 2 rings (SSSR count). The van der Waals surface area contributed by atoms with Crippen LogP contribution in [0.5, 0.6) is 0 Å². The van der Waals surface area contributed by atoms with Crippen LogP contribution in [0.4, 0.5) is 0 Å². The first kappa shape index (κ1) is 17.8. The van der Waals surface area contributed by atoms with E-state index in [4.69, 9.17) is 28.0 Å². The highest BCUT2D eigenvalue weighted by Gasteiger charge is 2.18. The Labute approximate surface area is 145 Å². The van der Waals surface area contributed by atoms with E-state index in [1.807, 2.05) is 0 Å². The second-order valence-electron chi connectivity index (χ2n) is 4.89. The molecule has 0 saturated heterocycles. The first-order valence-corrected chi connectivity index (χ1v) is 9.28. The predicted octanol–water partition coefficient (Wildman–Crippen LogP) is 3.96. The Morgan fingerprint density at radius 1 is 1.00 bits per heavy atom. The maximum atomic E-state index is 12.4. The summed E-state index contributed by atoms with van der Waals surface area (Å²) in [6.45, 7) is 0. The third-order valence-electron chi connectivity index (χ3n) is 3.04. The predicted molar refractivity (Wildman–Crippen MR) is 93.9 cm³/mol. The normalized spacial score (nSPS) is 12.2. The van der Waals surface area contributed by atoms with Gasteiger partial charge in [0.15, 0.2) is 9.84 Å². The van der Waals surface area contributed by atoms with Gasteiger partial charge in [0.25, 0.3) is 0 Å². The quantitative estimate of drug-likeness (QED) is 0.570. The Kier molecular flexibility index (Phi) is 6.04. The van der Waals surface area contributed by atoms with Gasteiger partial charge < -0.3 is 4.84 Å². The van der Waals surface area contributed by atoms with Gasteiger partial charge in [-0.05, 0) is 29.8 Å². The van der Waals surface area contributed by atoms with Crippen LogP contribution in [0.25, 0.3) is 0 Å². The molecule has 0 unspecified atom stereocenters. The molecule has 0 spiro atoms. The molecular weight excluding hydrogens is 357 g/mol. The Morgan fingerprint density at radius 3 is 2.04 bits per heavy atom. The highest BCUT2D eigenvalue weighted by Crippen LogP contribution is 2.15. The zero-order chi connectivity index (χ0) is 16.9. The molecule has 2 aromatic carbocycles. The topological polar surface area (TPSA) is 55.7 Å². The van der Waals surface area contributed by atoms with Crippen LogP contribution in [-0.4, -0.2) is 27.0 Å². The van der Waals surface area contributed by atoms with Crippen molar-refractivity contribution in [3.63, 3.8) is 0 Å². The summed E-state index contributed by atoms with van der Waals surface area (Å²) in [5.41, 5.74) is 1.65. The van der Waals surface area contributed by atoms with Crippen molar-refractivity contribution in [3.05, 3.63) is 69.7 Å². The third kappa shape index (κ3) is 5.53. The van der Waals surface area contributed by atoms with Crippen molar-refractivity contribution in [2.24, 2.45) is 5.16 Å². The molecule has 0 fully saturated rings. The Bertz CT molecular complexity index is 785. The molecule has 0 aliphatic rings. The fourth-order valence-electron chi connectivity index (χ4n) is 2.01. The molecule has 0 aliphatic carbocycles. The van der Waals surface area contributed by atoms with Crippen molar-refractivity contribution in [1.82, 2.24) is 0 Å². The maximum Gasteiger partial charge on any atom is 0.160 e. The second kappa shape index (κ2) is 7.81. The second-order valence-corrected chi connectivity index (χ2v) is 7.82. The smallest absolute Gasteiger partial charge is 0.160 e. The number of rotatable bonds is 6. The molecule has 0 radical (unpaired) electrons. The summed E-state index contributed by atoms with van der Waals surface area (Å²) >= 11 is 11.7. The fraction of sp³-hybridized carbons (Fsp3) is 0.188. The molecule has 0 atom stereocenters. The number of hydrogen-bond acceptors (Lipinski definition) is 4. The summed E-state index contributed by atoms with van der Waals surface area (Å²) < 4.78 is 24.8. The van der Waals surface area contributed by atoms with Crippen LogP contribution in [0.1, 0.15) is 11.1 Å². The van der Waals surface area contributed by atoms with E-state index in [-0.39, 0.29) is 11.5 Å². The molecule has 7 heteroatoms. The minimum atomic E-state index is -3.41. The lowest BCUT2D eigenvalue weighted by molar-refractivity contribution is 0.213. The van der Waals surface area contributed by atoms with E-state index in [0.717, 1.165) is 0 Å². The summed E-state index contributed by atoms with van der Waals surface area (Å²) in [4.78, 5) is 4.77. The average molecular weight is 372 g/mol. The van der Waals surface area contributed by atoms with Gasteiger partial charge in [-0.25, -0.2) is 8.42 Å². The van der Waals surface area contributed by atoms with Crippen LogP contribution in [-0.2, 0) is 20.4 Å². The minimum Gasteiger partial charge on any atom is -0.399 e. The van der Waals surface area contributed by atoms with Crippen LogP contribution in [0.3, 0.4) is 0 Å². The van der Waals surface area contributed by atoms with E-state index in [1.54, 1.807) is 48.5 Å². The van der Waals surface area contributed by atoms with Crippen molar-refractivity contribution in [2.75, 3.05) is 12.9 Å². The van der Waals surface area contributed by atoms with E-state index < -0.39 is 9.84 Å². The summed E-state index contributed by atoms with van der Waals surface area (Å²) in [6, 6.07) is 13.5. The van der Waals surface area contributed by atoms with Crippen LogP contribution in [0.15, 0.2) is 53.7 Å². The molecule has 23 heavy (non-hydrogen) atoms. The first-order chi connectivity index (χ1) is 10.9. The van der Waals surface area contributed by atoms with Gasteiger partial charge in [0.2, 0.25) is 0 Å². The van der Waals surface area contributed by atoms with E-state index in [2.05, 4.69) is 5.16 Å². The largest absolute Gasteiger partial charge is 0.399 e. The van der Waals surface area contributed by atoms with Gasteiger partial charge in [-0.2, -0.15) is 0 Å². The van der Waals surface area contributed by atoms with Gasteiger partial charge in [-0.3, -0.25) is 0 Å². The standard InChI is InChI=1S/C16H15Cl2NO3S/c1-22-19-16(13-4-8-15(18)9-5-13)11-23(20,21)10-12-2-6-14(17)7-3-12/h2-9H,10-11H2,1H3. The van der Waals surface area contributed by atoms with Gasteiger partial charge in [-0.1, -0.05) is 52.6 Å². The lowest BCUT2D eigenvalue weighted by Crippen LogP contribution is -2.19. The highest BCUT2D eigenvalue weighted by molar-refractivity contribution is 7.91. The summed E-state index contributed by atoms with van der Waals surface area (Å²) in [7, 11) is -2.04. The molecule has 0 heterocycles. The zero-order valence-corrected chi connectivity index (χ0v) is 14.7. The molecule has 0 aromatic heterocycles. The Hall–Kier alpha value is -1.56. The molecule has 0 bridgehead atoms. The monoisotopic (exact) mass is 371 g/mol. The van der Waals surface area contributed by atoms with Gasteiger partial charge in [0.05, 0.1) is 11.5 Å². The van der Waals surface area contributed by atoms with Crippen LogP contribution in [0.2, 0.25) is 10.0 Å².